The Labute approximate surface area is 78.5 Å². The molecule has 2 rings (SSSR count). The number of hydrogen-bond acceptors (Lipinski definition) is 2. The van der Waals surface area contributed by atoms with Crippen LogP contribution in [0.25, 0.3) is 11.0 Å². The second-order valence-electron chi connectivity index (χ2n) is 2.53. The molecule has 0 bridgehead atoms. The molecule has 0 spiro atoms. The van der Waals surface area contributed by atoms with Crippen molar-refractivity contribution in [1.29, 1.82) is 0 Å². The Kier molecular flexibility index (Phi) is 1.84. The van der Waals surface area contributed by atoms with Crippen molar-refractivity contribution in [3.8, 4) is 0 Å². The quantitative estimate of drug-likeness (QED) is 0.746. The molecule has 0 fully saturated rings. The van der Waals surface area contributed by atoms with E-state index in [-0.39, 0.29) is 0 Å². The molecule has 12 heavy (non-hydrogen) atoms. The summed E-state index contributed by atoms with van der Waals surface area (Å²) in [6.07, 6.45) is 3.62. The molecule has 2 aromatic rings. The van der Waals surface area contributed by atoms with Gasteiger partial charge in [-0.15, -0.1) is 0 Å². The monoisotopic (exact) mass is 225 g/mol. The van der Waals surface area contributed by atoms with Gasteiger partial charge in [0.2, 0.25) is 0 Å². The van der Waals surface area contributed by atoms with Crippen molar-refractivity contribution in [2.75, 3.05) is 0 Å². The Morgan fingerprint density at radius 2 is 2.33 bits per heavy atom. The van der Waals surface area contributed by atoms with E-state index in [0.717, 1.165) is 22.1 Å². The zero-order valence-electron chi connectivity index (χ0n) is 6.66. The number of pyridine rings is 1. The lowest BCUT2D eigenvalue weighted by Gasteiger charge is -1.96. The first-order chi connectivity index (χ1) is 5.81. The van der Waals surface area contributed by atoms with Crippen LogP contribution >= 0.6 is 15.9 Å². The maximum Gasteiger partial charge on any atom is 0.157 e. The predicted octanol–water partition coefficient (Wildman–Crippen LogP) is 2.21. The van der Waals surface area contributed by atoms with Crippen LogP contribution in [0.5, 0.6) is 0 Å². The average Bonchev–Trinajstić information content (AvgIpc) is 2.46. The molecule has 2 aromatic heterocycles. The van der Waals surface area contributed by atoms with Crippen LogP contribution in [-0.2, 0) is 6.54 Å². The van der Waals surface area contributed by atoms with Crippen molar-refractivity contribution in [3.05, 3.63) is 22.9 Å². The normalized spacial score (nSPS) is 10.8. The third kappa shape index (κ3) is 1.12. The number of halogens is 1. The van der Waals surface area contributed by atoms with Crippen LogP contribution in [0, 0.1) is 0 Å². The Balaban J connectivity index is 2.73. The summed E-state index contributed by atoms with van der Waals surface area (Å²) >= 11 is 3.36. The maximum absolute atomic E-state index is 4.27. The molecular weight excluding hydrogens is 218 g/mol. The van der Waals surface area contributed by atoms with Gasteiger partial charge >= 0.3 is 0 Å². The molecule has 0 aliphatic carbocycles. The summed E-state index contributed by atoms with van der Waals surface area (Å²) in [6.45, 7) is 2.91. The molecule has 0 saturated heterocycles. The van der Waals surface area contributed by atoms with Gasteiger partial charge in [-0.05, 0) is 28.9 Å². The topological polar surface area (TPSA) is 30.7 Å². The van der Waals surface area contributed by atoms with Gasteiger partial charge in [-0.2, -0.15) is 5.10 Å². The van der Waals surface area contributed by atoms with Crippen LogP contribution in [0.15, 0.2) is 22.9 Å². The van der Waals surface area contributed by atoms with Gasteiger partial charge in [-0.25, -0.2) is 9.67 Å². The predicted molar refractivity (Wildman–Crippen MR) is 50.9 cm³/mol. The van der Waals surface area contributed by atoms with E-state index in [0.29, 0.717) is 0 Å². The highest BCUT2D eigenvalue weighted by Crippen LogP contribution is 2.16. The highest BCUT2D eigenvalue weighted by atomic mass is 79.9. The SMILES string of the molecule is CCn1ncc2cc(Br)cnc21. The number of fused-ring (bicyclic) bond motifs is 1. The molecule has 0 unspecified atom stereocenters. The van der Waals surface area contributed by atoms with Gasteiger partial charge in [0.25, 0.3) is 0 Å². The maximum atomic E-state index is 4.27. The average molecular weight is 226 g/mol. The van der Waals surface area contributed by atoms with Crippen molar-refractivity contribution in [3.63, 3.8) is 0 Å². The summed E-state index contributed by atoms with van der Waals surface area (Å²) in [5.41, 5.74) is 0.945. The molecule has 0 saturated carbocycles. The minimum absolute atomic E-state index is 0.859. The van der Waals surface area contributed by atoms with Crippen LogP contribution < -0.4 is 0 Å². The second-order valence-corrected chi connectivity index (χ2v) is 3.44. The van der Waals surface area contributed by atoms with E-state index >= 15 is 0 Å². The van der Waals surface area contributed by atoms with Crippen molar-refractivity contribution in [1.82, 2.24) is 14.8 Å². The molecule has 3 nitrogen and oxygen atoms in total. The first kappa shape index (κ1) is 7.73. The smallest absolute Gasteiger partial charge is 0.157 e. The fourth-order valence-electron chi connectivity index (χ4n) is 1.18. The van der Waals surface area contributed by atoms with E-state index in [4.69, 9.17) is 0 Å². The molecule has 0 amide bonds. The van der Waals surface area contributed by atoms with Gasteiger partial charge in [0.15, 0.2) is 5.65 Å². The number of rotatable bonds is 1. The summed E-state index contributed by atoms with van der Waals surface area (Å²) in [4.78, 5) is 4.27. The lowest BCUT2D eigenvalue weighted by atomic mass is 10.4. The van der Waals surface area contributed by atoms with Crippen LogP contribution in [0.1, 0.15) is 6.92 Å². The first-order valence-corrected chi connectivity index (χ1v) is 4.57. The molecule has 62 valence electrons. The van der Waals surface area contributed by atoms with E-state index in [2.05, 4.69) is 32.9 Å². The van der Waals surface area contributed by atoms with Gasteiger partial charge in [0, 0.05) is 22.6 Å². The van der Waals surface area contributed by atoms with Crippen LogP contribution in [0.4, 0.5) is 0 Å². The van der Waals surface area contributed by atoms with Crippen LogP contribution in [-0.4, -0.2) is 14.8 Å². The van der Waals surface area contributed by atoms with Crippen molar-refractivity contribution in [2.24, 2.45) is 0 Å². The molecule has 0 N–H and O–H groups in total. The molecule has 2 heterocycles. The van der Waals surface area contributed by atoms with E-state index in [1.165, 1.54) is 0 Å². The third-order valence-corrected chi connectivity index (χ3v) is 2.18. The van der Waals surface area contributed by atoms with Crippen molar-refractivity contribution < 1.29 is 0 Å². The lowest BCUT2D eigenvalue weighted by molar-refractivity contribution is 0.677. The molecule has 4 heteroatoms. The summed E-state index contributed by atoms with van der Waals surface area (Å²) in [6, 6.07) is 2.02. The minimum atomic E-state index is 0.859. The fourth-order valence-corrected chi connectivity index (χ4v) is 1.53. The Hall–Kier alpha value is -0.900. The zero-order chi connectivity index (χ0) is 8.55. The van der Waals surface area contributed by atoms with Crippen molar-refractivity contribution in [2.45, 2.75) is 13.5 Å². The standard InChI is InChI=1S/C8H8BrN3/c1-2-12-8-6(4-11-12)3-7(9)5-10-8/h3-5H,2H2,1H3. The number of aromatic nitrogens is 3. The third-order valence-electron chi connectivity index (χ3n) is 1.74. The largest absolute Gasteiger partial charge is 0.248 e. The Morgan fingerprint density at radius 1 is 1.50 bits per heavy atom. The molecule has 0 aliphatic heterocycles. The van der Waals surface area contributed by atoms with Gasteiger partial charge in [-0.3, -0.25) is 0 Å². The van der Waals surface area contributed by atoms with Crippen LogP contribution in [0.2, 0.25) is 0 Å². The van der Waals surface area contributed by atoms with Crippen molar-refractivity contribution >= 4 is 27.0 Å². The van der Waals surface area contributed by atoms with Gasteiger partial charge < -0.3 is 0 Å². The Morgan fingerprint density at radius 3 is 3.08 bits per heavy atom. The zero-order valence-corrected chi connectivity index (χ0v) is 8.24. The molecule has 0 aromatic carbocycles. The number of aryl methyl sites for hydroxylation is 1. The molecule has 0 atom stereocenters. The van der Waals surface area contributed by atoms with Crippen LogP contribution in [0.3, 0.4) is 0 Å². The minimum Gasteiger partial charge on any atom is -0.248 e. The summed E-state index contributed by atoms with van der Waals surface area (Å²) in [7, 11) is 0. The highest BCUT2D eigenvalue weighted by molar-refractivity contribution is 9.10. The van der Waals surface area contributed by atoms with Gasteiger partial charge in [0.05, 0.1) is 6.20 Å². The second kappa shape index (κ2) is 2.86. The van der Waals surface area contributed by atoms with E-state index < -0.39 is 0 Å². The molecule has 0 aliphatic rings. The Bertz CT molecular complexity index is 408. The van der Waals surface area contributed by atoms with E-state index in [9.17, 15) is 0 Å². The highest BCUT2D eigenvalue weighted by Gasteiger charge is 2.01. The van der Waals surface area contributed by atoms with Gasteiger partial charge in [-0.1, -0.05) is 0 Å². The summed E-state index contributed by atoms with van der Waals surface area (Å²) in [5, 5.41) is 5.26. The molecule has 0 radical (unpaired) electrons. The fraction of sp³-hybridized carbons (Fsp3) is 0.250. The number of hydrogen-bond donors (Lipinski definition) is 0. The summed E-state index contributed by atoms with van der Waals surface area (Å²) in [5.74, 6) is 0. The van der Waals surface area contributed by atoms with Gasteiger partial charge in [0.1, 0.15) is 0 Å². The molecular formula is C8H8BrN3. The summed E-state index contributed by atoms with van der Waals surface area (Å²) < 4.78 is 2.87. The number of nitrogens with zero attached hydrogens (tertiary/aromatic N) is 3. The lowest BCUT2D eigenvalue weighted by Crippen LogP contribution is -1.96. The van der Waals surface area contributed by atoms with E-state index in [1.807, 2.05) is 16.9 Å². The first-order valence-electron chi connectivity index (χ1n) is 3.78. The van der Waals surface area contributed by atoms with E-state index in [1.54, 1.807) is 6.20 Å².